The molecule has 0 saturated carbocycles. The highest BCUT2D eigenvalue weighted by molar-refractivity contribution is 6.01. The van der Waals surface area contributed by atoms with E-state index in [1.165, 1.54) is 4.90 Å². The number of pyridine rings is 1. The Labute approximate surface area is 180 Å². The molecule has 1 aromatic carbocycles. The van der Waals surface area contributed by atoms with Gasteiger partial charge in [0.15, 0.2) is 0 Å². The minimum absolute atomic E-state index is 0.0646. The second-order valence-corrected chi connectivity index (χ2v) is 7.46. The van der Waals surface area contributed by atoms with Crippen LogP contribution in [0.4, 0.5) is 5.82 Å². The van der Waals surface area contributed by atoms with Crippen LogP contribution in [0.25, 0.3) is 0 Å². The molecule has 2 aromatic heterocycles. The number of nitrogens with one attached hydrogen (secondary N) is 2. The van der Waals surface area contributed by atoms with Crippen LogP contribution in [0.1, 0.15) is 46.3 Å². The highest BCUT2D eigenvalue weighted by Gasteiger charge is 2.35. The summed E-state index contributed by atoms with van der Waals surface area (Å²) in [6.45, 7) is 0. The van der Waals surface area contributed by atoms with E-state index in [9.17, 15) is 9.59 Å². The Balaban J connectivity index is 1.51. The lowest BCUT2D eigenvalue weighted by Crippen LogP contribution is -2.47. The van der Waals surface area contributed by atoms with Crippen molar-refractivity contribution >= 4 is 17.6 Å². The van der Waals surface area contributed by atoms with Crippen LogP contribution < -0.4 is 10.2 Å². The number of carbonyl (C=O) groups is 2. The highest BCUT2D eigenvalue weighted by atomic mass is 16.2. The van der Waals surface area contributed by atoms with Crippen molar-refractivity contribution in [2.24, 2.45) is 0 Å². The molecule has 8 nitrogen and oxygen atoms in total. The number of rotatable bonds is 5. The summed E-state index contributed by atoms with van der Waals surface area (Å²) in [4.78, 5) is 34.6. The van der Waals surface area contributed by atoms with Crippen molar-refractivity contribution in [3.05, 3.63) is 71.4 Å². The smallest absolute Gasteiger partial charge is 0.289 e. The SMILES string of the molecule is C#CC[C@H]1C[C@@H](NC(=O)c2nnc(Cc3ccccc3)[nH]2)C(=O)N(C)c2ncccc21. The van der Waals surface area contributed by atoms with Crippen molar-refractivity contribution in [3.8, 4) is 12.3 Å². The third kappa shape index (κ3) is 4.31. The van der Waals surface area contributed by atoms with Crippen molar-refractivity contribution in [2.75, 3.05) is 11.9 Å². The summed E-state index contributed by atoms with van der Waals surface area (Å²) < 4.78 is 0. The fourth-order valence-corrected chi connectivity index (χ4v) is 3.81. The maximum atomic E-state index is 13.0. The molecule has 0 spiro atoms. The number of fused-ring (bicyclic) bond motifs is 1. The van der Waals surface area contributed by atoms with Crippen molar-refractivity contribution in [1.29, 1.82) is 0 Å². The van der Waals surface area contributed by atoms with Crippen molar-refractivity contribution in [2.45, 2.75) is 31.2 Å². The van der Waals surface area contributed by atoms with Gasteiger partial charge in [-0.1, -0.05) is 36.4 Å². The third-order valence-corrected chi connectivity index (χ3v) is 5.36. The fraction of sp³-hybridized carbons (Fsp3) is 0.261. The largest absolute Gasteiger partial charge is 0.337 e. The Morgan fingerprint density at radius 1 is 1.26 bits per heavy atom. The molecule has 0 fully saturated rings. The Morgan fingerprint density at radius 2 is 2.06 bits per heavy atom. The van der Waals surface area contributed by atoms with E-state index >= 15 is 0 Å². The Hall–Kier alpha value is -3.99. The molecule has 0 saturated heterocycles. The predicted octanol–water partition coefficient (Wildman–Crippen LogP) is 2.06. The molecule has 2 N–H and O–H groups in total. The normalized spacial score (nSPS) is 18.1. The number of aromatic amines is 1. The summed E-state index contributed by atoms with van der Waals surface area (Å²) in [5.41, 5.74) is 1.95. The minimum Gasteiger partial charge on any atom is -0.337 e. The first-order valence-corrected chi connectivity index (χ1v) is 9.99. The molecule has 8 heteroatoms. The summed E-state index contributed by atoms with van der Waals surface area (Å²) in [6, 6.07) is 12.7. The van der Waals surface area contributed by atoms with Gasteiger partial charge >= 0.3 is 0 Å². The molecule has 0 aliphatic carbocycles. The van der Waals surface area contributed by atoms with Gasteiger partial charge in [-0.2, -0.15) is 0 Å². The van der Waals surface area contributed by atoms with Gasteiger partial charge in [0.05, 0.1) is 0 Å². The van der Waals surface area contributed by atoms with Crippen LogP contribution in [0, 0.1) is 12.3 Å². The molecule has 0 unspecified atom stereocenters. The third-order valence-electron chi connectivity index (χ3n) is 5.36. The zero-order chi connectivity index (χ0) is 21.8. The van der Waals surface area contributed by atoms with Gasteiger partial charge in [-0.05, 0) is 23.6 Å². The van der Waals surface area contributed by atoms with Gasteiger partial charge in [-0.3, -0.25) is 14.5 Å². The van der Waals surface area contributed by atoms with Crippen molar-refractivity contribution < 1.29 is 9.59 Å². The predicted molar refractivity (Wildman–Crippen MR) is 115 cm³/mol. The monoisotopic (exact) mass is 414 g/mol. The first-order chi connectivity index (χ1) is 15.1. The number of hydrogen-bond acceptors (Lipinski definition) is 5. The van der Waals surface area contributed by atoms with Gasteiger partial charge in [0, 0.05) is 32.0 Å². The van der Waals surface area contributed by atoms with E-state index in [1.807, 2.05) is 42.5 Å². The second kappa shape index (κ2) is 8.79. The summed E-state index contributed by atoms with van der Waals surface area (Å²) in [5, 5.41) is 10.8. The van der Waals surface area contributed by atoms with Gasteiger partial charge in [-0.15, -0.1) is 22.5 Å². The van der Waals surface area contributed by atoms with Crippen molar-refractivity contribution in [3.63, 3.8) is 0 Å². The average Bonchev–Trinajstić information content (AvgIpc) is 3.23. The van der Waals surface area contributed by atoms with Crippen LogP contribution in [0.15, 0.2) is 48.7 Å². The molecule has 3 aromatic rings. The molecule has 156 valence electrons. The quantitative estimate of drug-likeness (QED) is 0.622. The number of nitrogens with zero attached hydrogens (tertiary/aromatic N) is 4. The van der Waals surface area contributed by atoms with E-state index < -0.39 is 11.9 Å². The van der Waals surface area contributed by atoms with E-state index in [1.54, 1.807) is 13.2 Å². The van der Waals surface area contributed by atoms with Gasteiger partial charge in [0.1, 0.15) is 17.7 Å². The van der Waals surface area contributed by atoms with E-state index in [0.29, 0.717) is 30.9 Å². The summed E-state index contributed by atoms with van der Waals surface area (Å²) in [6.07, 6.45) is 8.54. The maximum absolute atomic E-state index is 13.0. The Morgan fingerprint density at radius 3 is 2.84 bits per heavy atom. The summed E-state index contributed by atoms with van der Waals surface area (Å²) in [7, 11) is 1.65. The summed E-state index contributed by atoms with van der Waals surface area (Å²) >= 11 is 0. The van der Waals surface area contributed by atoms with Crippen LogP contribution in [0.2, 0.25) is 0 Å². The van der Waals surface area contributed by atoms with E-state index in [4.69, 9.17) is 6.42 Å². The number of aromatic nitrogens is 4. The van der Waals surface area contributed by atoms with E-state index in [-0.39, 0.29) is 17.6 Å². The molecule has 2 amide bonds. The van der Waals surface area contributed by atoms with Crippen LogP contribution in [-0.4, -0.2) is 45.1 Å². The number of amides is 2. The number of carbonyl (C=O) groups excluding carboxylic acids is 2. The summed E-state index contributed by atoms with van der Waals surface area (Å²) in [5.74, 6) is 3.03. The first kappa shape index (κ1) is 20.3. The Bertz CT molecular complexity index is 1130. The number of likely N-dealkylation sites (N-methyl/N-ethyl adjacent to an activating group) is 1. The molecule has 3 heterocycles. The molecule has 31 heavy (non-hydrogen) atoms. The fourth-order valence-electron chi connectivity index (χ4n) is 3.81. The molecular weight excluding hydrogens is 392 g/mol. The molecular formula is C23H22N6O2. The van der Waals surface area contributed by atoms with E-state index in [0.717, 1.165) is 11.1 Å². The van der Waals surface area contributed by atoms with Gasteiger partial charge in [0.25, 0.3) is 5.91 Å². The van der Waals surface area contributed by atoms with Crippen LogP contribution >= 0.6 is 0 Å². The zero-order valence-corrected chi connectivity index (χ0v) is 17.1. The topological polar surface area (TPSA) is 104 Å². The van der Waals surface area contributed by atoms with Gasteiger partial charge in [-0.25, -0.2) is 4.98 Å². The maximum Gasteiger partial charge on any atom is 0.289 e. The Kier molecular flexibility index (Phi) is 5.76. The van der Waals surface area contributed by atoms with Gasteiger partial charge < -0.3 is 10.3 Å². The van der Waals surface area contributed by atoms with Crippen molar-refractivity contribution in [1.82, 2.24) is 25.5 Å². The number of terminal acetylenes is 1. The molecule has 1 aliphatic rings. The average molecular weight is 414 g/mol. The minimum atomic E-state index is -0.757. The lowest BCUT2D eigenvalue weighted by molar-refractivity contribution is -0.120. The highest BCUT2D eigenvalue weighted by Crippen LogP contribution is 2.34. The second-order valence-electron chi connectivity index (χ2n) is 7.46. The van der Waals surface area contributed by atoms with E-state index in [2.05, 4.69) is 31.4 Å². The zero-order valence-electron chi connectivity index (χ0n) is 17.1. The van der Waals surface area contributed by atoms with Gasteiger partial charge in [0.2, 0.25) is 11.7 Å². The molecule has 4 rings (SSSR count). The molecule has 0 bridgehead atoms. The lowest BCUT2D eigenvalue weighted by atomic mass is 9.91. The molecule has 1 aliphatic heterocycles. The van der Waals surface area contributed by atoms with Crippen LogP contribution in [0.3, 0.4) is 0 Å². The number of hydrogen-bond donors (Lipinski definition) is 2. The molecule has 0 radical (unpaired) electrons. The lowest BCUT2D eigenvalue weighted by Gasteiger charge is -2.20. The number of H-pyrrole nitrogens is 1. The van der Waals surface area contributed by atoms with Crippen LogP contribution in [0.5, 0.6) is 0 Å². The number of anilines is 1. The standard InChI is InChI=1S/C23H22N6O2/c1-3-8-16-14-18(23(31)29(2)21-17(16)11-7-12-24-21)25-22(30)20-26-19(27-28-20)13-15-9-5-4-6-10-15/h1,4-7,9-12,16,18H,8,13-14H2,2H3,(H,25,30)(H,26,27,28)/t16-,18+/m0/s1. The number of benzene rings is 1. The van der Waals surface area contributed by atoms with Crippen LogP contribution in [-0.2, 0) is 11.2 Å². The first-order valence-electron chi connectivity index (χ1n) is 9.99. The molecule has 2 atom stereocenters.